The summed E-state index contributed by atoms with van der Waals surface area (Å²) in [5.41, 5.74) is 9.99. The highest BCUT2D eigenvalue weighted by Gasteiger charge is 2.14. The Morgan fingerprint density at radius 1 is 1.05 bits per heavy atom. The van der Waals surface area contributed by atoms with E-state index in [4.69, 9.17) is 10.5 Å². The van der Waals surface area contributed by atoms with Crippen molar-refractivity contribution in [3.8, 4) is 11.5 Å². The number of nitrogen functional groups attached to an aromatic ring is 1. The second-order valence-electron chi connectivity index (χ2n) is 5.26. The Morgan fingerprint density at radius 2 is 1.67 bits per heavy atom. The Balaban J connectivity index is 2.50. The average Bonchev–Trinajstić information content (AvgIpc) is 2.42. The lowest BCUT2D eigenvalue weighted by atomic mass is 10.0. The number of benzene rings is 2. The van der Waals surface area contributed by atoms with Gasteiger partial charge >= 0.3 is 5.97 Å². The fourth-order valence-electron chi connectivity index (χ4n) is 2.20. The third kappa shape index (κ3) is 2.84. The van der Waals surface area contributed by atoms with Gasteiger partial charge in [0.05, 0.1) is 5.56 Å². The molecule has 0 fully saturated rings. The summed E-state index contributed by atoms with van der Waals surface area (Å²) in [4.78, 5) is 11.2. The summed E-state index contributed by atoms with van der Waals surface area (Å²) >= 11 is 0. The molecule has 4 heteroatoms. The molecule has 0 amide bonds. The van der Waals surface area contributed by atoms with Crippen LogP contribution in [0, 0.1) is 27.7 Å². The molecule has 110 valence electrons. The highest BCUT2D eigenvalue weighted by molar-refractivity contribution is 5.95. The van der Waals surface area contributed by atoms with Crippen molar-refractivity contribution in [2.24, 2.45) is 0 Å². The summed E-state index contributed by atoms with van der Waals surface area (Å²) in [6.07, 6.45) is 0. The van der Waals surface area contributed by atoms with E-state index in [1.807, 2.05) is 32.9 Å². The lowest BCUT2D eigenvalue weighted by Crippen LogP contribution is -2.05. The molecule has 2 aromatic carbocycles. The molecule has 0 aromatic heterocycles. The molecular weight excluding hydrogens is 266 g/mol. The van der Waals surface area contributed by atoms with Gasteiger partial charge in [-0.1, -0.05) is 12.1 Å². The van der Waals surface area contributed by atoms with E-state index in [2.05, 4.69) is 0 Å². The average molecular weight is 285 g/mol. The van der Waals surface area contributed by atoms with Gasteiger partial charge in [-0.05, 0) is 62.1 Å². The number of aryl methyl sites for hydroxylation is 3. The van der Waals surface area contributed by atoms with Gasteiger partial charge in [0.15, 0.2) is 0 Å². The van der Waals surface area contributed by atoms with Crippen molar-refractivity contribution in [3.63, 3.8) is 0 Å². The number of carboxylic acid groups (broad SMARTS) is 1. The molecular formula is C17H19NO3. The SMILES string of the molecule is Cc1ccc(C)c(Oc2cc(C)c(N)c(C(=O)O)c2)c1C. The van der Waals surface area contributed by atoms with Crippen molar-refractivity contribution in [2.45, 2.75) is 27.7 Å². The first-order valence-electron chi connectivity index (χ1n) is 6.69. The summed E-state index contributed by atoms with van der Waals surface area (Å²) < 4.78 is 5.93. The van der Waals surface area contributed by atoms with Gasteiger partial charge in [-0.15, -0.1) is 0 Å². The van der Waals surface area contributed by atoms with Crippen molar-refractivity contribution in [3.05, 3.63) is 52.1 Å². The highest BCUT2D eigenvalue weighted by atomic mass is 16.5. The monoisotopic (exact) mass is 285 g/mol. The molecule has 0 saturated heterocycles. The van der Waals surface area contributed by atoms with E-state index in [0.29, 0.717) is 11.3 Å². The van der Waals surface area contributed by atoms with Crippen molar-refractivity contribution in [1.29, 1.82) is 0 Å². The number of rotatable bonds is 3. The van der Waals surface area contributed by atoms with E-state index in [1.54, 1.807) is 13.0 Å². The summed E-state index contributed by atoms with van der Waals surface area (Å²) in [5, 5.41) is 9.20. The molecule has 21 heavy (non-hydrogen) atoms. The van der Waals surface area contributed by atoms with Crippen molar-refractivity contribution in [1.82, 2.24) is 0 Å². The Morgan fingerprint density at radius 3 is 2.29 bits per heavy atom. The molecule has 0 aliphatic heterocycles. The van der Waals surface area contributed by atoms with Crippen LogP contribution in [0.2, 0.25) is 0 Å². The highest BCUT2D eigenvalue weighted by Crippen LogP contribution is 2.33. The number of carboxylic acids is 1. The first kappa shape index (κ1) is 14.9. The van der Waals surface area contributed by atoms with Gasteiger partial charge < -0.3 is 15.6 Å². The van der Waals surface area contributed by atoms with Crippen molar-refractivity contribution < 1.29 is 14.6 Å². The molecule has 0 radical (unpaired) electrons. The Kier molecular flexibility index (Phi) is 3.89. The van der Waals surface area contributed by atoms with Gasteiger partial charge in [0.2, 0.25) is 0 Å². The van der Waals surface area contributed by atoms with Crippen LogP contribution in [0.1, 0.15) is 32.6 Å². The molecule has 0 aliphatic carbocycles. The molecule has 2 rings (SSSR count). The van der Waals surface area contributed by atoms with Crippen LogP contribution in [-0.4, -0.2) is 11.1 Å². The van der Waals surface area contributed by atoms with E-state index in [-0.39, 0.29) is 11.3 Å². The van der Waals surface area contributed by atoms with E-state index < -0.39 is 5.97 Å². The topological polar surface area (TPSA) is 72.5 Å². The molecule has 0 saturated carbocycles. The van der Waals surface area contributed by atoms with Crippen LogP contribution in [0.3, 0.4) is 0 Å². The van der Waals surface area contributed by atoms with E-state index in [0.717, 1.165) is 22.4 Å². The van der Waals surface area contributed by atoms with Crippen LogP contribution in [-0.2, 0) is 0 Å². The van der Waals surface area contributed by atoms with Gasteiger partial charge in [-0.25, -0.2) is 4.79 Å². The smallest absolute Gasteiger partial charge is 0.337 e. The molecule has 4 nitrogen and oxygen atoms in total. The lowest BCUT2D eigenvalue weighted by molar-refractivity contribution is 0.0697. The quantitative estimate of drug-likeness (QED) is 0.836. The van der Waals surface area contributed by atoms with E-state index >= 15 is 0 Å². The molecule has 0 spiro atoms. The fourth-order valence-corrected chi connectivity index (χ4v) is 2.20. The number of nitrogens with two attached hydrogens (primary N) is 1. The zero-order valence-corrected chi connectivity index (χ0v) is 12.7. The Labute approximate surface area is 124 Å². The van der Waals surface area contributed by atoms with Gasteiger partial charge in [-0.2, -0.15) is 0 Å². The normalized spacial score (nSPS) is 10.5. The third-order valence-corrected chi connectivity index (χ3v) is 3.68. The summed E-state index contributed by atoms with van der Waals surface area (Å²) in [6, 6.07) is 7.24. The van der Waals surface area contributed by atoms with Crippen molar-refractivity contribution >= 4 is 11.7 Å². The summed E-state index contributed by atoms with van der Waals surface area (Å²) in [7, 11) is 0. The van der Waals surface area contributed by atoms with Gasteiger partial charge in [0, 0.05) is 5.69 Å². The first-order valence-corrected chi connectivity index (χ1v) is 6.69. The lowest BCUT2D eigenvalue weighted by Gasteiger charge is -2.15. The Hall–Kier alpha value is -2.49. The fraction of sp³-hybridized carbons (Fsp3) is 0.235. The van der Waals surface area contributed by atoms with Crippen LogP contribution in [0.4, 0.5) is 5.69 Å². The number of anilines is 1. The van der Waals surface area contributed by atoms with Gasteiger partial charge in [0.25, 0.3) is 0 Å². The van der Waals surface area contributed by atoms with Crippen LogP contribution in [0.15, 0.2) is 24.3 Å². The minimum Gasteiger partial charge on any atom is -0.478 e. The van der Waals surface area contributed by atoms with Crippen LogP contribution >= 0.6 is 0 Å². The molecule has 0 aliphatic rings. The minimum atomic E-state index is -1.06. The standard InChI is InChI=1S/C17H19NO3/c1-9-5-6-10(2)16(12(9)4)21-13-7-11(3)15(18)14(8-13)17(19)20/h5-8H,18H2,1-4H3,(H,19,20). The number of ether oxygens (including phenoxy) is 1. The predicted molar refractivity (Wildman–Crippen MR) is 83.3 cm³/mol. The second-order valence-corrected chi connectivity index (χ2v) is 5.26. The maximum absolute atomic E-state index is 11.2. The van der Waals surface area contributed by atoms with E-state index in [9.17, 15) is 9.90 Å². The summed E-state index contributed by atoms with van der Waals surface area (Å²) in [6.45, 7) is 7.73. The number of hydrogen-bond donors (Lipinski definition) is 2. The van der Waals surface area contributed by atoms with Gasteiger partial charge in [0.1, 0.15) is 11.5 Å². The van der Waals surface area contributed by atoms with Gasteiger partial charge in [-0.3, -0.25) is 0 Å². The molecule has 2 aromatic rings. The molecule has 0 unspecified atom stereocenters. The molecule has 0 atom stereocenters. The largest absolute Gasteiger partial charge is 0.478 e. The van der Waals surface area contributed by atoms with E-state index in [1.165, 1.54) is 6.07 Å². The summed E-state index contributed by atoms with van der Waals surface area (Å²) in [5.74, 6) is 0.185. The zero-order valence-electron chi connectivity index (χ0n) is 12.7. The van der Waals surface area contributed by atoms with Crippen LogP contribution < -0.4 is 10.5 Å². The molecule has 3 N–H and O–H groups in total. The number of aromatic carboxylic acids is 1. The van der Waals surface area contributed by atoms with Crippen LogP contribution in [0.25, 0.3) is 0 Å². The number of hydrogen-bond acceptors (Lipinski definition) is 3. The van der Waals surface area contributed by atoms with Crippen LogP contribution in [0.5, 0.6) is 11.5 Å². The first-order chi connectivity index (χ1) is 9.81. The third-order valence-electron chi connectivity index (χ3n) is 3.68. The predicted octanol–water partition coefficient (Wildman–Crippen LogP) is 3.99. The second kappa shape index (κ2) is 5.48. The maximum Gasteiger partial charge on any atom is 0.337 e. The molecule has 0 heterocycles. The zero-order chi connectivity index (χ0) is 15.7. The van der Waals surface area contributed by atoms with Crippen molar-refractivity contribution in [2.75, 3.05) is 5.73 Å². The minimum absolute atomic E-state index is 0.0629. The molecule has 0 bridgehead atoms. The number of carbonyl (C=O) groups is 1. The Bertz CT molecular complexity index is 720. The maximum atomic E-state index is 11.2.